The standard InChI is InChI=1S/C13H13ClSi/c14-15-13(11-7-3-1-4-8-11)12-9-5-2-6-10-12/h1-10,13H,15H2. The van der Waals surface area contributed by atoms with E-state index in [1.807, 2.05) is 12.1 Å². The Labute approximate surface area is 97.4 Å². The SMILES string of the molecule is Cl[SiH2]C(c1ccccc1)c1ccccc1. The molecule has 0 N–H and O–H groups in total. The molecule has 2 aromatic rings. The van der Waals surface area contributed by atoms with Crippen molar-refractivity contribution in [3.8, 4) is 0 Å². The molecule has 0 saturated carbocycles. The van der Waals surface area contributed by atoms with Crippen LogP contribution in [0.4, 0.5) is 0 Å². The molecule has 0 radical (unpaired) electrons. The van der Waals surface area contributed by atoms with Crippen molar-refractivity contribution >= 4 is 19.9 Å². The normalized spacial score (nSPS) is 11.3. The van der Waals surface area contributed by atoms with Crippen LogP contribution < -0.4 is 0 Å². The molecule has 0 aliphatic heterocycles. The Morgan fingerprint density at radius 3 is 1.47 bits per heavy atom. The summed E-state index contributed by atoms with van der Waals surface area (Å²) in [5.41, 5.74) is 3.12. The van der Waals surface area contributed by atoms with E-state index in [1.165, 1.54) is 11.1 Å². The molecule has 0 aromatic heterocycles. The van der Waals surface area contributed by atoms with Crippen LogP contribution in [0.5, 0.6) is 0 Å². The van der Waals surface area contributed by atoms with E-state index in [0.29, 0.717) is 5.54 Å². The monoisotopic (exact) mass is 232 g/mol. The van der Waals surface area contributed by atoms with Gasteiger partial charge >= 0.3 is 0 Å². The van der Waals surface area contributed by atoms with Gasteiger partial charge < -0.3 is 0 Å². The molecule has 0 saturated heterocycles. The van der Waals surface area contributed by atoms with Gasteiger partial charge in [-0.2, -0.15) is 11.1 Å². The summed E-state index contributed by atoms with van der Waals surface area (Å²) in [5, 5.41) is 0. The lowest BCUT2D eigenvalue weighted by atomic mass is 10.0. The molecule has 0 nitrogen and oxygen atoms in total. The lowest BCUT2D eigenvalue weighted by molar-refractivity contribution is 1.13. The van der Waals surface area contributed by atoms with Crippen LogP contribution >= 0.6 is 11.1 Å². The first kappa shape index (κ1) is 10.5. The minimum Gasteiger partial charge on any atom is -0.175 e. The van der Waals surface area contributed by atoms with E-state index >= 15 is 0 Å². The van der Waals surface area contributed by atoms with E-state index in [1.54, 1.807) is 0 Å². The molecule has 15 heavy (non-hydrogen) atoms. The van der Waals surface area contributed by atoms with Gasteiger partial charge in [-0.3, -0.25) is 0 Å². The first-order valence-electron chi connectivity index (χ1n) is 5.07. The average molecular weight is 233 g/mol. The lowest BCUT2D eigenvalue weighted by Crippen LogP contribution is -2.04. The molecule has 2 heteroatoms. The zero-order valence-corrected chi connectivity index (χ0v) is 10.6. The number of rotatable bonds is 3. The highest BCUT2D eigenvalue weighted by Crippen LogP contribution is 2.23. The maximum atomic E-state index is 6.18. The van der Waals surface area contributed by atoms with Crippen LogP contribution in [0.2, 0.25) is 0 Å². The van der Waals surface area contributed by atoms with Crippen LogP contribution in [0.1, 0.15) is 16.7 Å². The van der Waals surface area contributed by atoms with Gasteiger partial charge in [0.1, 0.15) is 8.83 Å². The Hall–Kier alpha value is -1.05. The second-order valence-electron chi connectivity index (χ2n) is 3.53. The highest BCUT2D eigenvalue weighted by atomic mass is 35.6. The molecule has 0 fully saturated rings. The predicted molar refractivity (Wildman–Crippen MR) is 69.1 cm³/mol. The van der Waals surface area contributed by atoms with Crippen LogP contribution in [-0.2, 0) is 0 Å². The van der Waals surface area contributed by atoms with E-state index in [-0.39, 0.29) is 0 Å². The number of hydrogen-bond donors (Lipinski definition) is 0. The average Bonchev–Trinajstić information content (AvgIpc) is 2.33. The summed E-state index contributed by atoms with van der Waals surface area (Å²) in [6.07, 6.45) is 0. The summed E-state index contributed by atoms with van der Waals surface area (Å²) in [4.78, 5) is 0. The van der Waals surface area contributed by atoms with Gasteiger partial charge in [-0.15, -0.1) is 0 Å². The first-order valence-corrected chi connectivity index (χ1v) is 8.03. The second-order valence-corrected chi connectivity index (χ2v) is 5.58. The van der Waals surface area contributed by atoms with Gasteiger partial charge in [0.25, 0.3) is 0 Å². The Morgan fingerprint density at radius 2 is 1.13 bits per heavy atom. The molecular weight excluding hydrogens is 220 g/mol. The smallest absolute Gasteiger partial charge is 0.137 e. The summed E-state index contributed by atoms with van der Waals surface area (Å²) in [6, 6.07) is 21.0. The molecule has 0 bridgehead atoms. The third-order valence-electron chi connectivity index (χ3n) is 2.56. The molecule has 0 aliphatic carbocycles. The van der Waals surface area contributed by atoms with Crippen molar-refractivity contribution in [1.29, 1.82) is 0 Å². The quantitative estimate of drug-likeness (QED) is 0.564. The molecular formula is C13H13ClSi. The maximum absolute atomic E-state index is 6.18. The largest absolute Gasteiger partial charge is 0.175 e. The van der Waals surface area contributed by atoms with Gasteiger partial charge in [-0.05, 0) is 11.1 Å². The van der Waals surface area contributed by atoms with Crippen LogP contribution in [0.15, 0.2) is 60.7 Å². The Kier molecular flexibility index (Phi) is 3.59. The van der Waals surface area contributed by atoms with E-state index in [9.17, 15) is 0 Å². The van der Waals surface area contributed by atoms with Gasteiger partial charge in [0, 0.05) is 5.54 Å². The van der Waals surface area contributed by atoms with E-state index < -0.39 is 8.83 Å². The predicted octanol–water partition coefficient (Wildman–Crippen LogP) is 3.10. The van der Waals surface area contributed by atoms with Gasteiger partial charge in [0.2, 0.25) is 0 Å². The van der Waals surface area contributed by atoms with Crippen LogP contribution in [0.3, 0.4) is 0 Å². The molecule has 0 amide bonds. The van der Waals surface area contributed by atoms with Crippen LogP contribution in [-0.4, -0.2) is 8.83 Å². The maximum Gasteiger partial charge on any atom is 0.137 e. The fraction of sp³-hybridized carbons (Fsp3) is 0.0769. The molecule has 0 atom stereocenters. The molecule has 0 unspecified atom stereocenters. The molecule has 0 heterocycles. The highest BCUT2D eigenvalue weighted by molar-refractivity contribution is 6.94. The molecule has 2 aromatic carbocycles. The second kappa shape index (κ2) is 5.15. The fourth-order valence-corrected chi connectivity index (χ4v) is 3.71. The minimum atomic E-state index is -0.596. The summed E-state index contributed by atoms with van der Waals surface area (Å²) in [6.45, 7) is 0. The van der Waals surface area contributed by atoms with Crippen LogP contribution in [0.25, 0.3) is 0 Å². The van der Waals surface area contributed by atoms with E-state index in [4.69, 9.17) is 11.1 Å². The van der Waals surface area contributed by atoms with Crippen molar-refractivity contribution < 1.29 is 0 Å². The Morgan fingerprint density at radius 1 is 0.733 bits per heavy atom. The van der Waals surface area contributed by atoms with Crippen molar-refractivity contribution in [2.24, 2.45) is 0 Å². The van der Waals surface area contributed by atoms with Crippen molar-refractivity contribution in [2.75, 3.05) is 0 Å². The van der Waals surface area contributed by atoms with Crippen molar-refractivity contribution in [2.45, 2.75) is 5.54 Å². The van der Waals surface area contributed by atoms with E-state index in [2.05, 4.69) is 48.5 Å². The van der Waals surface area contributed by atoms with Gasteiger partial charge in [0.05, 0.1) is 0 Å². The molecule has 76 valence electrons. The summed E-state index contributed by atoms with van der Waals surface area (Å²) in [7, 11) is -0.596. The van der Waals surface area contributed by atoms with Gasteiger partial charge in [0.15, 0.2) is 0 Å². The lowest BCUT2D eigenvalue weighted by Gasteiger charge is -2.13. The third kappa shape index (κ3) is 2.49. The van der Waals surface area contributed by atoms with Gasteiger partial charge in [-0.25, -0.2) is 0 Å². The topological polar surface area (TPSA) is 0 Å². The van der Waals surface area contributed by atoms with E-state index in [0.717, 1.165) is 0 Å². The Balaban J connectivity index is 2.34. The fourth-order valence-electron chi connectivity index (χ4n) is 1.74. The summed E-state index contributed by atoms with van der Waals surface area (Å²) < 4.78 is 0. The number of halogens is 1. The third-order valence-corrected chi connectivity index (χ3v) is 4.74. The first-order chi connectivity index (χ1) is 7.42. The minimum absolute atomic E-state index is 0.439. The zero-order chi connectivity index (χ0) is 10.5. The summed E-state index contributed by atoms with van der Waals surface area (Å²) >= 11 is 6.18. The highest BCUT2D eigenvalue weighted by Gasteiger charge is 2.12. The molecule has 0 spiro atoms. The van der Waals surface area contributed by atoms with Crippen molar-refractivity contribution in [1.82, 2.24) is 0 Å². The van der Waals surface area contributed by atoms with Crippen LogP contribution in [0, 0.1) is 0 Å². The Bertz CT molecular complexity index is 360. The molecule has 2 rings (SSSR count). The van der Waals surface area contributed by atoms with Crippen molar-refractivity contribution in [3.63, 3.8) is 0 Å². The number of hydrogen-bond acceptors (Lipinski definition) is 0. The molecule has 0 aliphatic rings. The zero-order valence-electron chi connectivity index (χ0n) is 8.44. The van der Waals surface area contributed by atoms with Crippen molar-refractivity contribution in [3.05, 3.63) is 71.8 Å². The number of benzene rings is 2. The van der Waals surface area contributed by atoms with Gasteiger partial charge in [-0.1, -0.05) is 60.7 Å². The summed E-state index contributed by atoms with van der Waals surface area (Å²) in [5.74, 6) is 0.